The largest absolute Gasteiger partial charge is 0.263 e. The predicted octanol–water partition coefficient (Wildman–Crippen LogP) is 0.404. The van der Waals surface area contributed by atoms with Crippen molar-refractivity contribution in [3.63, 3.8) is 0 Å². The summed E-state index contributed by atoms with van der Waals surface area (Å²) >= 11 is -0.677. The molecule has 0 aromatic heterocycles. The van der Waals surface area contributed by atoms with E-state index in [2.05, 4.69) is 8.52 Å². The van der Waals surface area contributed by atoms with Gasteiger partial charge < -0.3 is 0 Å². The lowest BCUT2D eigenvalue weighted by Crippen LogP contribution is -1.55. The molecule has 0 radical (unpaired) electrons. The number of nitrogens with two attached hydrogens (primary N) is 1. The Labute approximate surface area is 35.8 Å². The van der Waals surface area contributed by atoms with E-state index >= 15 is 0 Å². The first-order valence-electron chi connectivity index (χ1n) is 0.978. The topological polar surface area (TPSA) is 58.6 Å². The highest BCUT2D eigenvalue weighted by molar-refractivity contribution is 14.1. The summed E-state index contributed by atoms with van der Waals surface area (Å²) in [6.45, 7) is 0. The molecule has 0 spiro atoms. The molecule has 3 N–H and O–H groups in total. The maximum absolute atomic E-state index is 5.88. The Balaban J connectivity index is 2.62. The third-order valence-corrected chi connectivity index (χ3v) is 0.267. The lowest BCUT2D eigenvalue weighted by Gasteiger charge is -1.51. The Kier molecular flexibility index (Phi) is 2.31. The van der Waals surface area contributed by atoms with Crippen molar-refractivity contribution in [3.05, 3.63) is 0 Å². The summed E-state index contributed by atoms with van der Waals surface area (Å²) in [5, 5.41) is 3.49. The highest BCUT2D eigenvalue weighted by atomic mass is 127. The van der Waals surface area contributed by atoms with Crippen LogP contribution in [0.2, 0.25) is 1.43 Å². The fourth-order valence-electron chi connectivity index (χ4n) is 0. The van der Waals surface area contributed by atoms with Crippen molar-refractivity contribution < 1.29 is 6.64 Å². The summed E-state index contributed by atoms with van der Waals surface area (Å²) in [6, 6.07) is 0. The van der Waals surface area contributed by atoms with Crippen LogP contribution in [0.25, 0.3) is 0 Å². The van der Waals surface area contributed by atoms with Crippen molar-refractivity contribution in [3.8, 4) is 0 Å². The third kappa shape index (κ3) is 2.45. The van der Waals surface area contributed by atoms with Crippen molar-refractivity contribution in [2.24, 2.45) is 7.26 Å². The minimum atomic E-state index is -0.677. The van der Waals surface area contributed by atoms with Gasteiger partial charge in [0.2, 0.25) is 1.43 Å². The maximum Gasteiger partial charge on any atom is 0.249 e. The Morgan fingerprint density at radius 3 is 3.25 bits per heavy atom. The molecule has 0 saturated carbocycles. The molecule has 0 aromatic rings. The van der Waals surface area contributed by atoms with Crippen molar-refractivity contribution in [1.29, 1.82) is 0 Å². The molecule has 26 valence electrons. The van der Waals surface area contributed by atoms with E-state index in [1.54, 1.807) is 0 Å². The highest BCUT2D eigenvalue weighted by Gasteiger charge is 1.35. The van der Waals surface area contributed by atoms with Crippen LogP contribution in [0.1, 0.15) is 0 Å². The fraction of sp³-hybridized carbons (Fsp3) is 0. The van der Waals surface area contributed by atoms with Crippen molar-refractivity contribution in [1.82, 2.24) is 0 Å². The quantitative estimate of drug-likeness (QED) is 0.344. The van der Waals surface area contributed by atoms with E-state index < -0.39 is 21.3 Å². The molecule has 4 heteroatoms. The molecule has 0 atom stereocenters. The summed E-state index contributed by atoms with van der Waals surface area (Å²) < 4.78 is 13.7. The zero-order valence-corrected chi connectivity index (χ0v) is 3.97. The van der Waals surface area contributed by atoms with Crippen LogP contribution in [0.4, 0.5) is 0 Å². The molecule has 0 unspecified atom stereocenters. The first-order chi connectivity index (χ1) is 2.41. The van der Waals surface area contributed by atoms with E-state index in [1.165, 1.54) is 0 Å². The number of nitrogens with zero attached hydrogens (tertiary/aromatic N) is 1. The number of halogens is 1. The SMILES string of the molecule is [2H]ON=IN. The van der Waals surface area contributed by atoms with Crippen molar-refractivity contribution in [2.75, 3.05) is 0 Å². The number of hydrogen-bond acceptors (Lipinski definition) is 2. The van der Waals surface area contributed by atoms with Crippen LogP contribution in [-0.2, 0) is 0 Å². The predicted molar refractivity (Wildman–Crippen MR) is 22.4 cm³/mol. The Hall–Kier alpha value is 0.450. The van der Waals surface area contributed by atoms with E-state index in [9.17, 15) is 0 Å². The Morgan fingerprint density at radius 1 is 2.50 bits per heavy atom. The van der Waals surface area contributed by atoms with Gasteiger partial charge in [-0.2, -0.15) is 0 Å². The van der Waals surface area contributed by atoms with Gasteiger partial charge in [-0.15, -0.1) is 0 Å². The van der Waals surface area contributed by atoms with E-state index in [-0.39, 0.29) is 0 Å². The van der Waals surface area contributed by atoms with Crippen LogP contribution in [0.3, 0.4) is 0 Å². The van der Waals surface area contributed by atoms with Gasteiger partial charge in [0.1, 0.15) is 21.3 Å². The second kappa shape index (κ2) is 3.45. The fourth-order valence-corrected chi connectivity index (χ4v) is 0. The van der Waals surface area contributed by atoms with Gasteiger partial charge >= 0.3 is 0 Å². The molecular formula is H3IN2O. The second-order valence-corrected chi connectivity index (χ2v) is 1.12. The molecular weight excluding hydrogens is 171 g/mol. The average molecular weight is 175 g/mol. The van der Waals surface area contributed by atoms with Crippen LogP contribution in [0.5, 0.6) is 0 Å². The van der Waals surface area contributed by atoms with Gasteiger partial charge in [0.05, 0.1) is 0 Å². The van der Waals surface area contributed by atoms with Gasteiger partial charge in [0.15, 0.2) is 0 Å². The minimum Gasteiger partial charge on any atom is -0.263 e. The number of rotatable bonds is 1. The van der Waals surface area contributed by atoms with Crippen LogP contribution >= 0.6 is 21.3 Å². The molecule has 0 saturated heterocycles. The molecule has 0 heterocycles. The Bertz CT molecular complexity index is 36.6. The van der Waals surface area contributed by atoms with Crippen molar-refractivity contribution in [2.45, 2.75) is 0 Å². The van der Waals surface area contributed by atoms with Gasteiger partial charge in [-0.1, -0.05) is 3.31 Å². The van der Waals surface area contributed by atoms with Crippen LogP contribution in [0.15, 0.2) is 3.31 Å². The normalized spacial score (nSPS) is 14.8. The molecule has 3 nitrogen and oxygen atoms in total. The second-order valence-electron chi connectivity index (χ2n) is 0.167. The summed E-state index contributed by atoms with van der Waals surface area (Å²) in [7, 11) is 0. The highest BCUT2D eigenvalue weighted by Crippen LogP contribution is 1.73. The lowest BCUT2D eigenvalue weighted by atomic mass is 13.6. The monoisotopic (exact) mass is 175 g/mol. The van der Waals surface area contributed by atoms with Gasteiger partial charge in [-0.05, 0) is 0 Å². The van der Waals surface area contributed by atoms with Gasteiger partial charge in [0, 0.05) is 0 Å². The summed E-state index contributed by atoms with van der Waals surface area (Å²) in [4.78, 5) is 0. The van der Waals surface area contributed by atoms with E-state index in [0.717, 1.165) is 0 Å². The smallest absolute Gasteiger partial charge is 0.249 e. The van der Waals surface area contributed by atoms with E-state index in [4.69, 9.17) is 5.38 Å². The van der Waals surface area contributed by atoms with Gasteiger partial charge in [-0.3, -0.25) is 9.16 Å². The van der Waals surface area contributed by atoms with Crippen LogP contribution in [-0.4, -0.2) is 5.21 Å². The summed E-state index contributed by atoms with van der Waals surface area (Å²) in [5.74, 6) is 0. The molecule has 0 aliphatic heterocycles. The Morgan fingerprint density at radius 2 is 3.25 bits per heavy atom. The molecule has 0 aliphatic carbocycles. The molecule has 0 rings (SSSR count). The van der Waals surface area contributed by atoms with Gasteiger partial charge in [-0.25, -0.2) is 0 Å². The van der Waals surface area contributed by atoms with E-state index in [0.29, 0.717) is 0 Å². The third-order valence-electron chi connectivity index (χ3n) is 0.0398. The molecule has 4 heavy (non-hydrogen) atoms. The first-order valence-corrected chi connectivity index (χ1v) is 2.78. The molecule has 0 fully saturated rings. The molecule has 0 aromatic carbocycles. The molecule has 0 amide bonds. The van der Waals surface area contributed by atoms with Crippen LogP contribution in [0, 0.1) is 0 Å². The molecule has 0 bridgehead atoms. The lowest BCUT2D eigenvalue weighted by molar-refractivity contribution is 0.337. The minimum absolute atomic E-state index is 0.677. The van der Waals surface area contributed by atoms with Crippen molar-refractivity contribution >= 4 is 21.3 Å². The maximum atomic E-state index is 5.88. The van der Waals surface area contributed by atoms with Gasteiger partial charge in [0.25, 0.3) is 0 Å². The summed E-state index contributed by atoms with van der Waals surface area (Å²) in [6.07, 6.45) is 0. The zero-order valence-electron chi connectivity index (χ0n) is 2.81. The summed E-state index contributed by atoms with van der Waals surface area (Å²) in [5.41, 5.74) is 0. The standard InChI is InChI=1S/H3IN2O/c2-1-3-4/h4H,(H2,2,3)/i/hD. The first kappa shape index (κ1) is 2.67. The molecule has 0 aliphatic rings. The van der Waals surface area contributed by atoms with Crippen LogP contribution < -0.4 is 3.95 Å². The zero-order chi connectivity index (χ0) is 4.12. The van der Waals surface area contributed by atoms with E-state index in [1.807, 2.05) is 0 Å². The number of hydrogen-bond donors (Lipinski definition) is 2. The average Bonchev–Trinajstić information content (AvgIpc) is 1.41.